The lowest BCUT2D eigenvalue weighted by molar-refractivity contribution is -0.118. The molecule has 3 aromatic rings. The number of carbonyl (C=O) groups excluding carboxylic acids is 1. The largest absolute Gasteiger partial charge is 0.484 e. The van der Waals surface area contributed by atoms with E-state index in [2.05, 4.69) is 5.32 Å². The number of hydrogen-bond donors (Lipinski definition) is 1. The van der Waals surface area contributed by atoms with Crippen molar-refractivity contribution >= 4 is 34.2 Å². The molecular formula is C18H11ClN2O4. The summed E-state index contributed by atoms with van der Waals surface area (Å²) in [6.07, 6.45) is 0. The van der Waals surface area contributed by atoms with Gasteiger partial charge >= 0.3 is 5.63 Å². The number of benzene rings is 2. The average Bonchev–Trinajstić information content (AvgIpc) is 2.60. The molecule has 0 unspecified atom stereocenters. The first kappa shape index (κ1) is 16.6. The summed E-state index contributed by atoms with van der Waals surface area (Å²) in [5.41, 5.74) is 0.512. The highest BCUT2D eigenvalue weighted by atomic mass is 35.5. The summed E-state index contributed by atoms with van der Waals surface area (Å²) in [5.74, 6) is -0.0722. The SMILES string of the molecule is N#Cc1ccc(Cl)cc1NC(=O)COc1ccc2ccc(=O)oc2c1. The summed E-state index contributed by atoms with van der Waals surface area (Å²) in [4.78, 5) is 23.3. The fourth-order valence-corrected chi connectivity index (χ4v) is 2.36. The van der Waals surface area contributed by atoms with Crippen molar-refractivity contribution in [2.45, 2.75) is 0 Å². The molecule has 0 fully saturated rings. The van der Waals surface area contributed by atoms with Crippen LogP contribution in [0.4, 0.5) is 5.69 Å². The number of amides is 1. The van der Waals surface area contributed by atoms with E-state index in [4.69, 9.17) is 26.0 Å². The number of hydrogen-bond acceptors (Lipinski definition) is 5. The average molecular weight is 355 g/mol. The molecule has 0 saturated carbocycles. The third-order valence-corrected chi connectivity index (χ3v) is 3.58. The molecule has 0 aliphatic heterocycles. The molecule has 1 heterocycles. The molecule has 0 aliphatic carbocycles. The van der Waals surface area contributed by atoms with Gasteiger partial charge in [0.05, 0.1) is 11.3 Å². The highest BCUT2D eigenvalue weighted by Gasteiger charge is 2.09. The van der Waals surface area contributed by atoms with Gasteiger partial charge in [-0.1, -0.05) is 11.6 Å². The van der Waals surface area contributed by atoms with Crippen LogP contribution in [0.5, 0.6) is 5.75 Å². The van der Waals surface area contributed by atoms with E-state index in [1.807, 2.05) is 6.07 Å². The van der Waals surface area contributed by atoms with Crippen LogP contribution in [-0.2, 0) is 4.79 Å². The third kappa shape index (κ3) is 3.97. The molecule has 1 aromatic heterocycles. The molecule has 0 aliphatic rings. The molecule has 1 amide bonds. The quantitative estimate of drug-likeness (QED) is 0.725. The van der Waals surface area contributed by atoms with E-state index in [0.29, 0.717) is 27.6 Å². The smallest absolute Gasteiger partial charge is 0.336 e. The highest BCUT2D eigenvalue weighted by Crippen LogP contribution is 2.21. The van der Waals surface area contributed by atoms with Gasteiger partial charge in [-0.2, -0.15) is 5.26 Å². The van der Waals surface area contributed by atoms with Crippen LogP contribution in [0.3, 0.4) is 0 Å². The Balaban J connectivity index is 1.69. The van der Waals surface area contributed by atoms with Crippen LogP contribution in [0.1, 0.15) is 5.56 Å². The van der Waals surface area contributed by atoms with E-state index in [9.17, 15) is 9.59 Å². The van der Waals surface area contributed by atoms with Crippen LogP contribution < -0.4 is 15.7 Å². The molecule has 0 saturated heterocycles. The molecule has 1 N–H and O–H groups in total. The molecule has 6 nitrogen and oxygen atoms in total. The maximum Gasteiger partial charge on any atom is 0.336 e. The first-order chi connectivity index (χ1) is 12.0. The normalized spacial score (nSPS) is 10.2. The monoisotopic (exact) mass is 354 g/mol. The zero-order chi connectivity index (χ0) is 17.8. The number of nitrogens with zero attached hydrogens (tertiary/aromatic N) is 1. The Kier molecular flexibility index (Phi) is 4.68. The van der Waals surface area contributed by atoms with Gasteiger partial charge in [0.2, 0.25) is 0 Å². The van der Waals surface area contributed by atoms with Crippen molar-refractivity contribution in [1.82, 2.24) is 0 Å². The summed E-state index contributed by atoms with van der Waals surface area (Å²) in [6, 6.07) is 14.4. The second-order valence-electron chi connectivity index (χ2n) is 5.09. The molecule has 25 heavy (non-hydrogen) atoms. The topological polar surface area (TPSA) is 92.3 Å². The Morgan fingerprint density at radius 2 is 2.00 bits per heavy atom. The molecular weight excluding hydrogens is 344 g/mol. The molecule has 0 spiro atoms. The van der Waals surface area contributed by atoms with Crippen molar-refractivity contribution in [2.24, 2.45) is 0 Å². The van der Waals surface area contributed by atoms with E-state index < -0.39 is 11.5 Å². The van der Waals surface area contributed by atoms with E-state index in [1.165, 1.54) is 24.3 Å². The van der Waals surface area contributed by atoms with Crippen LogP contribution in [-0.4, -0.2) is 12.5 Å². The fourth-order valence-electron chi connectivity index (χ4n) is 2.18. The van der Waals surface area contributed by atoms with E-state index in [1.54, 1.807) is 24.3 Å². The second kappa shape index (κ2) is 7.07. The summed E-state index contributed by atoms with van der Waals surface area (Å²) in [6.45, 7) is -0.278. The summed E-state index contributed by atoms with van der Waals surface area (Å²) >= 11 is 5.87. The Bertz CT molecular complexity index is 1050. The van der Waals surface area contributed by atoms with Gasteiger partial charge in [-0.25, -0.2) is 4.79 Å². The molecule has 2 aromatic carbocycles. The second-order valence-corrected chi connectivity index (χ2v) is 5.53. The van der Waals surface area contributed by atoms with Gasteiger partial charge in [0.25, 0.3) is 5.91 Å². The Labute approximate surface area is 147 Å². The van der Waals surface area contributed by atoms with Crippen molar-refractivity contribution in [3.05, 3.63) is 69.5 Å². The number of halogens is 1. The van der Waals surface area contributed by atoms with Crippen LogP contribution in [0, 0.1) is 11.3 Å². The highest BCUT2D eigenvalue weighted by molar-refractivity contribution is 6.31. The molecule has 0 bridgehead atoms. The minimum atomic E-state index is -0.465. The number of nitrogens with one attached hydrogen (secondary N) is 1. The maximum atomic E-state index is 12.0. The van der Waals surface area contributed by atoms with E-state index in [-0.39, 0.29) is 6.61 Å². The predicted octanol–water partition coefficient (Wildman–Crippen LogP) is 3.34. The van der Waals surface area contributed by atoms with Crippen molar-refractivity contribution < 1.29 is 13.9 Å². The van der Waals surface area contributed by atoms with Gasteiger partial charge in [0, 0.05) is 22.5 Å². The zero-order valence-electron chi connectivity index (χ0n) is 12.8. The first-order valence-corrected chi connectivity index (χ1v) is 7.59. The standard InChI is InChI=1S/C18H11ClN2O4/c19-13-4-1-12(9-20)15(7-13)21-17(22)10-24-14-5-2-11-3-6-18(23)25-16(11)8-14/h1-8H,10H2,(H,21,22). The van der Waals surface area contributed by atoms with Crippen LogP contribution >= 0.6 is 11.6 Å². The minimum absolute atomic E-state index is 0.278. The van der Waals surface area contributed by atoms with E-state index >= 15 is 0 Å². The Morgan fingerprint density at radius 1 is 1.20 bits per heavy atom. The number of carbonyl (C=O) groups is 1. The summed E-state index contributed by atoms with van der Waals surface area (Å²) in [5, 5.41) is 12.8. The van der Waals surface area contributed by atoms with Crippen molar-refractivity contribution in [2.75, 3.05) is 11.9 Å². The van der Waals surface area contributed by atoms with Gasteiger partial charge in [-0.15, -0.1) is 0 Å². The van der Waals surface area contributed by atoms with Crippen molar-refractivity contribution in [1.29, 1.82) is 5.26 Å². The Hall–Kier alpha value is -3.30. The minimum Gasteiger partial charge on any atom is -0.484 e. The van der Waals surface area contributed by atoms with Gasteiger partial charge in [0.1, 0.15) is 17.4 Å². The maximum absolute atomic E-state index is 12.0. The van der Waals surface area contributed by atoms with Gasteiger partial charge in [-0.05, 0) is 36.4 Å². The fraction of sp³-hybridized carbons (Fsp3) is 0.0556. The molecule has 7 heteroatoms. The van der Waals surface area contributed by atoms with Crippen molar-refractivity contribution in [3.8, 4) is 11.8 Å². The molecule has 3 rings (SSSR count). The number of nitriles is 1. The third-order valence-electron chi connectivity index (χ3n) is 3.34. The summed E-state index contributed by atoms with van der Waals surface area (Å²) < 4.78 is 10.5. The van der Waals surface area contributed by atoms with Crippen LogP contribution in [0.25, 0.3) is 11.0 Å². The molecule has 0 radical (unpaired) electrons. The predicted molar refractivity (Wildman–Crippen MR) is 92.8 cm³/mol. The molecule has 0 atom stereocenters. The zero-order valence-corrected chi connectivity index (χ0v) is 13.5. The van der Waals surface area contributed by atoms with Crippen molar-refractivity contribution in [3.63, 3.8) is 0 Å². The lowest BCUT2D eigenvalue weighted by Gasteiger charge is -2.09. The lowest BCUT2D eigenvalue weighted by atomic mass is 10.2. The van der Waals surface area contributed by atoms with E-state index in [0.717, 1.165) is 5.39 Å². The Morgan fingerprint density at radius 3 is 2.80 bits per heavy atom. The number of fused-ring (bicyclic) bond motifs is 1. The lowest BCUT2D eigenvalue weighted by Crippen LogP contribution is -2.20. The van der Waals surface area contributed by atoms with Gasteiger partial charge in [-0.3, -0.25) is 4.79 Å². The van der Waals surface area contributed by atoms with Gasteiger partial charge in [0.15, 0.2) is 6.61 Å². The van der Waals surface area contributed by atoms with Crippen LogP contribution in [0.15, 0.2) is 57.7 Å². The number of rotatable bonds is 4. The summed E-state index contributed by atoms with van der Waals surface area (Å²) in [7, 11) is 0. The first-order valence-electron chi connectivity index (χ1n) is 7.21. The molecule has 124 valence electrons. The van der Waals surface area contributed by atoms with Crippen LogP contribution in [0.2, 0.25) is 5.02 Å². The number of ether oxygens (including phenoxy) is 1. The van der Waals surface area contributed by atoms with Gasteiger partial charge < -0.3 is 14.5 Å². The number of anilines is 1.